The number of anilines is 2. The van der Waals surface area contributed by atoms with Gasteiger partial charge in [0.2, 0.25) is 5.88 Å². The third kappa shape index (κ3) is 5.60. The summed E-state index contributed by atoms with van der Waals surface area (Å²) in [4.78, 5) is 17.8. The Morgan fingerprint density at radius 3 is 2.23 bits per heavy atom. The van der Waals surface area contributed by atoms with Crippen LogP contribution in [-0.2, 0) is 19.7 Å². The zero-order valence-electron chi connectivity index (χ0n) is 21.1. The molecular weight excluding hydrogens is 660 g/mol. The average molecular weight is 682 g/mol. The summed E-state index contributed by atoms with van der Waals surface area (Å²) in [5, 5.41) is 17.0. The van der Waals surface area contributed by atoms with Gasteiger partial charge < -0.3 is 15.4 Å². The lowest BCUT2D eigenvalue weighted by Crippen LogP contribution is -2.08. The highest BCUT2D eigenvalue weighted by Gasteiger charge is 2.18. The summed E-state index contributed by atoms with van der Waals surface area (Å²) < 4.78 is 11.2. The minimum absolute atomic E-state index is 0.178. The van der Waals surface area contributed by atoms with E-state index in [2.05, 4.69) is 62.5 Å². The molecule has 0 aliphatic heterocycles. The maximum atomic E-state index is 6.16. The van der Waals surface area contributed by atoms with Crippen LogP contribution in [0.3, 0.4) is 0 Å². The molecule has 0 aliphatic carbocycles. The zero-order valence-corrected chi connectivity index (χ0v) is 25.1. The van der Waals surface area contributed by atoms with E-state index in [0.717, 1.165) is 36.7 Å². The monoisotopic (exact) mass is 680 g/mol. The average Bonchev–Trinajstić information content (AvgIpc) is 3.53. The summed E-state index contributed by atoms with van der Waals surface area (Å²) in [7, 11) is 0. The van der Waals surface area contributed by atoms with Gasteiger partial charge in [-0.05, 0) is 61.4 Å². The van der Waals surface area contributed by atoms with Crippen molar-refractivity contribution in [3.63, 3.8) is 0 Å². The summed E-state index contributed by atoms with van der Waals surface area (Å²) in [6.45, 7) is 1.35. The fraction of sp³-hybridized carbons (Fsp3) is 0.154. The summed E-state index contributed by atoms with van der Waals surface area (Å²) in [6, 6.07) is 11.6. The number of hydrogen-bond acceptors (Lipinski definition) is 10. The number of fused-ring (bicyclic) bond motifs is 2. The summed E-state index contributed by atoms with van der Waals surface area (Å²) >= 11 is 8.79. The van der Waals surface area contributed by atoms with Crippen LogP contribution in [0.2, 0.25) is 0 Å². The zero-order chi connectivity index (χ0) is 27.5. The number of hydrogen-bond donors (Lipinski definition) is 2. The first kappa shape index (κ1) is 26.5. The Labute approximate surface area is 250 Å². The SMILES string of the molecule is CSc1cc(NCc2cccnc2)n2nc(COc3cc(NCc4cccnc4)n4ncc(Br)c4n3)c(Br)c2n1. The molecule has 0 fully saturated rings. The molecular formula is C26H22Br2N10OS. The standard InChI is InChI=1S/C26H22Br2N10OS/c1-40-23-9-21(32-13-17-5-3-7-30-11-17)38-26(35-23)24(28)19(36-38)15-39-22-8-20(31-12-16-4-2-6-29-10-16)37-25(34-22)18(27)14-33-37/h2-11,14,31-32H,12-13,15H2,1H3. The van der Waals surface area contributed by atoms with Crippen LogP contribution >= 0.6 is 43.6 Å². The fourth-order valence-electron chi connectivity index (χ4n) is 3.98. The number of nitrogens with zero attached hydrogens (tertiary/aromatic N) is 8. The van der Waals surface area contributed by atoms with Gasteiger partial charge in [0.25, 0.3) is 0 Å². The second-order valence-electron chi connectivity index (χ2n) is 8.61. The number of ether oxygens (including phenoxy) is 1. The summed E-state index contributed by atoms with van der Waals surface area (Å²) in [5.74, 6) is 1.98. The van der Waals surface area contributed by atoms with Gasteiger partial charge in [-0.3, -0.25) is 9.97 Å². The molecule has 0 unspecified atom stereocenters. The second-order valence-corrected chi connectivity index (χ2v) is 11.1. The number of aromatic nitrogens is 8. The van der Waals surface area contributed by atoms with E-state index in [0.29, 0.717) is 36.0 Å². The van der Waals surface area contributed by atoms with Crippen molar-refractivity contribution in [2.75, 3.05) is 16.9 Å². The molecule has 6 rings (SSSR count). The van der Waals surface area contributed by atoms with Crippen molar-refractivity contribution in [3.05, 3.63) is 93.1 Å². The first-order valence-electron chi connectivity index (χ1n) is 12.1. The Bertz CT molecular complexity index is 1780. The molecule has 2 N–H and O–H groups in total. The highest BCUT2D eigenvalue weighted by Crippen LogP contribution is 2.29. The van der Waals surface area contributed by atoms with E-state index in [1.54, 1.807) is 39.4 Å². The van der Waals surface area contributed by atoms with E-state index in [4.69, 9.17) is 14.8 Å². The molecule has 202 valence electrons. The Morgan fingerprint density at radius 2 is 1.57 bits per heavy atom. The predicted octanol–water partition coefficient (Wildman–Crippen LogP) is 5.61. The molecule has 0 saturated carbocycles. The van der Waals surface area contributed by atoms with Crippen LogP contribution in [-0.4, -0.2) is 45.4 Å². The van der Waals surface area contributed by atoms with Crippen LogP contribution in [0.4, 0.5) is 11.6 Å². The maximum absolute atomic E-state index is 6.16. The van der Waals surface area contributed by atoms with Crippen molar-refractivity contribution in [2.24, 2.45) is 0 Å². The van der Waals surface area contributed by atoms with Crippen LogP contribution in [0.15, 0.2) is 81.4 Å². The van der Waals surface area contributed by atoms with Crippen LogP contribution in [0.25, 0.3) is 11.3 Å². The number of rotatable bonds is 10. The fourth-order valence-corrected chi connectivity index (χ4v) is 5.19. The molecule has 14 heteroatoms. The van der Waals surface area contributed by atoms with Crippen LogP contribution < -0.4 is 15.4 Å². The first-order valence-corrected chi connectivity index (χ1v) is 14.9. The van der Waals surface area contributed by atoms with Crippen molar-refractivity contribution < 1.29 is 4.74 Å². The summed E-state index contributed by atoms with van der Waals surface area (Å²) in [6.07, 6.45) is 10.9. The van der Waals surface area contributed by atoms with Gasteiger partial charge in [-0.1, -0.05) is 12.1 Å². The Balaban J connectivity index is 1.26. The van der Waals surface area contributed by atoms with Crippen LogP contribution in [0, 0.1) is 0 Å². The van der Waals surface area contributed by atoms with Gasteiger partial charge >= 0.3 is 0 Å². The van der Waals surface area contributed by atoms with Crippen LogP contribution in [0.1, 0.15) is 16.8 Å². The smallest absolute Gasteiger partial charge is 0.219 e. The van der Waals surface area contributed by atoms with E-state index in [1.165, 1.54) is 0 Å². The number of thioether (sulfide) groups is 1. The molecule has 0 atom stereocenters. The molecule has 6 heterocycles. The lowest BCUT2D eigenvalue weighted by atomic mass is 10.3. The Kier molecular flexibility index (Phi) is 7.80. The van der Waals surface area contributed by atoms with Crippen molar-refractivity contribution >= 4 is 66.6 Å². The third-order valence-electron chi connectivity index (χ3n) is 5.94. The molecule has 0 aliphatic rings. The first-order chi connectivity index (χ1) is 19.6. The second kappa shape index (κ2) is 11.8. The lowest BCUT2D eigenvalue weighted by Gasteiger charge is -2.11. The molecule has 0 saturated heterocycles. The topological polar surface area (TPSA) is 119 Å². The van der Waals surface area contributed by atoms with Gasteiger partial charge in [0.1, 0.15) is 29.0 Å². The minimum atomic E-state index is 0.178. The molecule has 0 aromatic carbocycles. The largest absolute Gasteiger partial charge is 0.471 e. The van der Waals surface area contributed by atoms with E-state index in [1.807, 2.05) is 55.0 Å². The number of halogens is 2. The molecule has 0 bridgehead atoms. The van der Waals surface area contributed by atoms with E-state index in [9.17, 15) is 0 Å². The maximum Gasteiger partial charge on any atom is 0.219 e. The molecule has 40 heavy (non-hydrogen) atoms. The van der Waals surface area contributed by atoms with Gasteiger partial charge in [0, 0.05) is 50.0 Å². The van der Waals surface area contributed by atoms with Gasteiger partial charge in [-0.15, -0.1) is 11.8 Å². The van der Waals surface area contributed by atoms with Gasteiger partial charge in [-0.25, -0.2) is 4.98 Å². The Morgan fingerprint density at radius 1 is 0.875 bits per heavy atom. The van der Waals surface area contributed by atoms with Gasteiger partial charge in [0.05, 0.1) is 15.1 Å². The lowest BCUT2D eigenvalue weighted by molar-refractivity contribution is 0.288. The number of nitrogens with one attached hydrogen (secondary N) is 2. The highest BCUT2D eigenvalue weighted by molar-refractivity contribution is 9.11. The van der Waals surface area contributed by atoms with Crippen LogP contribution in [0.5, 0.6) is 5.88 Å². The van der Waals surface area contributed by atoms with Crippen molar-refractivity contribution in [1.82, 2.24) is 39.2 Å². The van der Waals surface area contributed by atoms with Crippen molar-refractivity contribution in [1.29, 1.82) is 0 Å². The quantitative estimate of drug-likeness (QED) is 0.139. The van der Waals surface area contributed by atoms with Crippen molar-refractivity contribution in [3.8, 4) is 5.88 Å². The van der Waals surface area contributed by atoms with Gasteiger partial charge in [-0.2, -0.15) is 24.2 Å². The van der Waals surface area contributed by atoms with Gasteiger partial charge in [0.15, 0.2) is 11.3 Å². The normalized spacial score (nSPS) is 11.3. The highest BCUT2D eigenvalue weighted by atomic mass is 79.9. The Hall–Kier alpha value is -3.75. The number of pyridine rings is 2. The molecule has 11 nitrogen and oxygen atoms in total. The minimum Gasteiger partial charge on any atom is -0.471 e. The molecule has 0 spiro atoms. The van der Waals surface area contributed by atoms with E-state index in [-0.39, 0.29) is 6.61 Å². The van der Waals surface area contributed by atoms with Crippen molar-refractivity contribution in [2.45, 2.75) is 24.7 Å². The van der Waals surface area contributed by atoms with E-state index >= 15 is 0 Å². The molecule has 0 amide bonds. The van der Waals surface area contributed by atoms with E-state index < -0.39 is 0 Å². The molecule has 0 radical (unpaired) electrons. The summed E-state index contributed by atoms with van der Waals surface area (Å²) in [5.41, 5.74) is 4.12. The molecule has 6 aromatic rings. The third-order valence-corrected chi connectivity index (χ3v) is 7.94. The predicted molar refractivity (Wildman–Crippen MR) is 161 cm³/mol. The molecule has 6 aromatic heterocycles.